The van der Waals surface area contributed by atoms with Crippen LogP contribution >= 0.6 is 0 Å². The Balaban J connectivity index is 1.38. The number of imidazole rings is 1. The summed E-state index contributed by atoms with van der Waals surface area (Å²) in [5, 5.41) is 0.996. The molecule has 5 rings (SSSR count). The van der Waals surface area contributed by atoms with E-state index in [1.54, 1.807) is 12.5 Å². The zero-order chi connectivity index (χ0) is 21.8. The zero-order valence-electron chi connectivity index (χ0n) is 16.8. The van der Waals surface area contributed by atoms with Crippen LogP contribution < -0.4 is 0 Å². The second kappa shape index (κ2) is 7.14. The molecule has 1 fully saturated rings. The molecule has 0 atom stereocenters. The van der Waals surface area contributed by atoms with Gasteiger partial charge in [-0.3, -0.25) is 0 Å². The number of pyridine rings is 1. The third-order valence-corrected chi connectivity index (χ3v) is 8.87. The van der Waals surface area contributed by atoms with E-state index in [9.17, 15) is 16.8 Å². The maximum Gasteiger partial charge on any atom is 0.243 e. The summed E-state index contributed by atoms with van der Waals surface area (Å²) in [6, 6.07) is 7.49. The quantitative estimate of drug-likeness (QED) is 0.500. The van der Waals surface area contributed by atoms with Crippen molar-refractivity contribution in [1.29, 1.82) is 0 Å². The maximum atomic E-state index is 13.0. The number of hydrogen-bond acceptors (Lipinski definition) is 6. The van der Waals surface area contributed by atoms with Crippen LogP contribution in [0.5, 0.6) is 0 Å². The predicted molar refractivity (Wildman–Crippen MR) is 116 cm³/mol. The molecular formula is C20H21N5O4S2. The largest absolute Gasteiger partial charge is 0.346 e. The van der Waals surface area contributed by atoms with Crippen molar-refractivity contribution in [3.05, 3.63) is 49.1 Å². The lowest BCUT2D eigenvalue weighted by molar-refractivity contribution is 0.277. The third-order valence-electron chi connectivity index (χ3n) is 5.82. The molecule has 0 radical (unpaired) electrons. The lowest BCUT2D eigenvalue weighted by Gasteiger charge is -2.32. The zero-order valence-corrected chi connectivity index (χ0v) is 18.4. The second-order valence-electron chi connectivity index (χ2n) is 7.76. The Bertz CT molecular complexity index is 1480. The van der Waals surface area contributed by atoms with E-state index in [1.165, 1.54) is 28.6 Å². The van der Waals surface area contributed by atoms with Crippen LogP contribution in [0.15, 0.2) is 58.8 Å². The number of benzene rings is 1. The Labute approximate surface area is 179 Å². The van der Waals surface area contributed by atoms with Crippen molar-refractivity contribution in [3.63, 3.8) is 0 Å². The summed E-state index contributed by atoms with van der Waals surface area (Å²) in [6.07, 6.45) is 7.79. The van der Waals surface area contributed by atoms with Crippen LogP contribution in [0.3, 0.4) is 0 Å². The number of sulfone groups is 1. The van der Waals surface area contributed by atoms with E-state index in [0.717, 1.165) is 28.3 Å². The smallest absolute Gasteiger partial charge is 0.243 e. The van der Waals surface area contributed by atoms with Gasteiger partial charge in [0.05, 0.1) is 27.8 Å². The van der Waals surface area contributed by atoms with E-state index < -0.39 is 19.9 Å². The van der Waals surface area contributed by atoms with E-state index in [2.05, 4.69) is 19.5 Å². The van der Waals surface area contributed by atoms with Crippen LogP contribution in [-0.4, -0.2) is 60.0 Å². The van der Waals surface area contributed by atoms with E-state index in [-0.39, 0.29) is 15.8 Å². The first-order valence-corrected chi connectivity index (χ1v) is 13.2. The van der Waals surface area contributed by atoms with Crippen molar-refractivity contribution in [2.75, 3.05) is 19.3 Å². The molecule has 4 heterocycles. The van der Waals surface area contributed by atoms with Gasteiger partial charge in [-0.25, -0.2) is 26.8 Å². The van der Waals surface area contributed by atoms with Crippen LogP contribution in [0.4, 0.5) is 0 Å². The molecule has 1 N–H and O–H groups in total. The summed E-state index contributed by atoms with van der Waals surface area (Å²) in [6.45, 7) is 0.754. The molecule has 9 nitrogen and oxygen atoms in total. The summed E-state index contributed by atoms with van der Waals surface area (Å²) in [4.78, 5) is 12.2. The molecule has 11 heteroatoms. The molecule has 31 heavy (non-hydrogen) atoms. The van der Waals surface area contributed by atoms with Gasteiger partial charge in [0.2, 0.25) is 10.0 Å². The van der Waals surface area contributed by atoms with Gasteiger partial charge in [-0.2, -0.15) is 4.31 Å². The minimum atomic E-state index is -3.69. The van der Waals surface area contributed by atoms with Gasteiger partial charge in [0.15, 0.2) is 9.84 Å². The van der Waals surface area contributed by atoms with Gasteiger partial charge in [-0.15, -0.1) is 0 Å². The summed E-state index contributed by atoms with van der Waals surface area (Å²) < 4.78 is 52.9. The monoisotopic (exact) mass is 459 g/mol. The Morgan fingerprint density at radius 3 is 2.32 bits per heavy atom. The molecule has 1 aromatic carbocycles. The number of piperidine rings is 1. The van der Waals surface area contributed by atoms with Crippen molar-refractivity contribution in [1.82, 2.24) is 23.8 Å². The van der Waals surface area contributed by atoms with Gasteiger partial charge in [0.25, 0.3) is 0 Å². The fraction of sp³-hybridized carbons (Fsp3) is 0.300. The van der Waals surface area contributed by atoms with Gasteiger partial charge in [0.1, 0.15) is 11.2 Å². The molecular weight excluding hydrogens is 438 g/mol. The number of nitrogens with zero attached hydrogens (tertiary/aromatic N) is 4. The van der Waals surface area contributed by atoms with Crippen molar-refractivity contribution in [3.8, 4) is 0 Å². The van der Waals surface area contributed by atoms with Gasteiger partial charge in [0, 0.05) is 37.0 Å². The third kappa shape index (κ3) is 3.42. The topological polar surface area (TPSA) is 118 Å². The molecule has 0 spiro atoms. The first-order valence-electron chi connectivity index (χ1n) is 9.84. The molecule has 0 amide bonds. The highest BCUT2D eigenvalue weighted by Gasteiger charge is 2.31. The number of sulfonamides is 1. The molecule has 0 saturated carbocycles. The second-order valence-corrected chi connectivity index (χ2v) is 11.7. The Hall–Kier alpha value is -2.76. The van der Waals surface area contributed by atoms with Crippen LogP contribution in [-0.2, 0) is 19.9 Å². The standard InChI is InChI=1S/C20H21N5O4S2/c1-30(26,27)15-2-4-16(5-3-15)31(28,29)24-10-7-14(8-11-24)25-13-23-18-12-22-20-17(19(18)25)6-9-21-20/h2-6,9,12-14H,7-8,10-11H2,1H3,(H,21,22). The molecule has 0 unspecified atom stereocenters. The summed E-state index contributed by atoms with van der Waals surface area (Å²) in [7, 11) is -7.06. The SMILES string of the molecule is CS(=O)(=O)c1ccc(S(=O)(=O)N2CCC(n3cnc4cnc5[nH]ccc5c43)CC2)cc1. The van der Waals surface area contributed by atoms with Crippen LogP contribution in [0.2, 0.25) is 0 Å². The molecule has 1 saturated heterocycles. The van der Waals surface area contributed by atoms with E-state index in [1.807, 2.05) is 12.3 Å². The van der Waals surface area contributed by atoms with Crippen molar-refractivity contribution < 1.29 is 16.8 Å². The van der Waals surface area contributed by atoms with Crippen molar-refractivity contribution in [2.45, 2.75) is 28.7 Å². The van der Waals surface area contributed by atoms with Crippen molar-refractivity contribution in [2.24, 2.45) is 0 Å². The van der Waals surface area contributed by atoms with Gasteiger partial charge >= 0.3 is 0 Å². The van der Waals surface area contributed by atoms with E-state index in [0.29, 0.717) is 25.9 Å². The van der Waals surface area contributed by atoms with Crippen molar-refractivity contribution >= 4 is 41.9 Å². The number of fused-ring (bicyclic) bond motifs is 3. The maximum absolute atomic E-state index is 13.0. The number of hydrogen-bond donors (Lipinski definition) is 1. The summed E-state index contributed by atoms with van der Waals surface area (Å²) >= 11 is 0. The molecule has 0 aliphatic carbocycles. The highest BCUT2D eigenvalue weighted by molar-refractivity contribution is 7.90. The number of rotatable bonds is 4. The number of aromatic nitrogens is 4. The first-order chi connectivity index (χ1) is 14.7. The van der Waals surface area contributed by atoms with Gasteiger partial charge in [-0.1, -0.05) is 0 Å². The lowest BCUT2D eigenvalue weighted by atomic mass is 10.1. The van der Waals surface area contributed by atoms with Gasteiger partial charge < -0.3 is 9.55 Å². The van der Waals surface area contributed by atoms with E-state index >= 15 is 0 Å². The number of nitrogens with one attached hydrogen (secondary N) is 1. The number of H-pyrrole nitrogens is 1. The molecule has 0 bridgehead atoms. The molecule has 162 valence electrons. The minimum Gasteiger partial charge on any atom is -0.346 e. The molecule has 4 aromatic rings. The first kappa shape index (κ1) is 20.2. The summed E-state index contributed by atoms with van der Waals surface area (Å²) in [5.74, 6) is 0. The van der Waals surface area contributed by atoms with Gasteiger partial charge in [-0.05, 0) is 43.2 Å². The molecule has 1 aliphatic heterocycles. The molecule has 1 aliphatic rings. The molecule has 3 aromatic heterocycles. The van der Waals surface area contributed by atoms with E-state index in [4.69, 9.17) is 0 Å². The fourth-order valence-corrected chi connectivity index (χ4v) is 6.28. The van der Waals surface area contributed by atoms with Crippen LogP contribution in [0, 0.1) is 0 Å². The predicted octanol–water partition coefficient (Wildman–Crippen LogP) is 2.34. The highest BCUT2D eigenvalue weighted by atomic mass is 32.2. The minimum absolute atomic E-state index is 0.0997. The average molecular weight is 460 g/mol. The summed E-state index contributed by atoms with van der Waals surface area (Å²) in [5.41, 5.74) is 2.61. The van der Waals surface area contributed by atoms with Crippen LogP contribution in [0.25, 0.3) is 22.1 Å². The fourth-order valence-electron chi connectivity index (χ4n) is 4.18. The highest BCUT2D eigenvalue weighted by Crippen LogP contribution is 2.32. The Morgan fingerprint density at radius 1 is 0.968 bits per heavy atom. The number of aromatic amines is 1. The Morgan fingerprint density at radius 2 is 1.65 bits per heavy atom. The lowest BCUT2D eigenvalue weighted by Crippen LogP contribution is -2.38. The van der Waals surface area contributed by atoms with Crippen LogP contribution in [0.1, 0.15) is 18.9 Å². The average Bonchev–Trinajstić information content (AvgIpc) is 3.39. The Kier molecular flexibility index (Phi) is 4.65. The normalized spacial score (nSPS) is 16.9.